The lowest BCUT2D eigenvalue weighted by molar-refractivity contribution is -0.00758. The van der Waals surface area contributed by atoms with E-state index in [-0.39, 0.29) is 0 Å². The van der Waals surface area contributed by atoms with E-state index in [9.17, 15) is 0 Å². The Morgan fingerprint density at radius 1 is 1.15 bits per heavy atom. The highest BCUT2D eigenvalue weighted by molar-refractivity contribution is 5.20. The molecule has 4 aliphatic carbocycles. The van der Waals surface area contributed by atoms with Crippen LogP contribution in [0, 0.1) is 17.8 Å². The highest BCUT2D eigenvalue weighted by Crippen LogP contribution is 2.60. The predicted molar refractivity (Wildman–Crippen MR) is 77.3 cm³/mol. The molecule has 0 spiro atoms. The van der Waals surface area contributed by atoms with Gasteiger partial charge in [-0.2, -0.15) is 5.10 Å². The van der Waals surface area contributed by atoms with Crippen LogP contribution < -0.4 is 5.32 Å². The molecule has 0 amide bonds. The van der Waals surface area contributed by atoms with E-state index in [4.69, 9.17) is 4.98 Å². The fourth-order valence-corrected chi connectivity index (χ4v) is 5.36. The summed E-state index contributed by atoms with van der Waals surface area (Å²) in [6.07, 6.45) is 11.3. The molecule has 4 nitrogen and oxygen atoms in total. The summed E-state index contributed by atoms with van der Waals surface area (Å²) in [7, 11) is 1.97. The molecular weight excluding hydrogens is 248 g/mol. The van der Waals surface area contributed by atoms with Gasteiger partial charge in [-0.1, -0.05) is 0 Å². The molecule has 0 saturated heterocycles. The van der Waals surface area contributed by atoms with Crippen molar-refractivity contribution < 1.29 is 0 Å². The van der Waals surface area contributed by atoms with Crippen molar-refractivity contribution in [2.24, 2.45) is 17.8 Å². The number of nitrogens with one attached hydrogen (secondary N) is 1. The van der Waals surface area contributed by atoms with Gasteiger partial charge < -0.3 is 5.32 Å². The average Bonchev–Trinajstić information content (AvgIpc) is 2.44. The number of likely N-dealkylation sites (N-methyl/N-ethyl adjacent to an activating group) is 1. The van der Waals surface area contributed by atoms with Crippen molar-refractivity contribution in [3.63, 3.8) is 0 Å². The molecule has 1 heterocycles. The number of hydrogen-bond donors (Lipinski definition) is 1. The largest absolute Gasteiger partial charge is 0.319 e. The van der Waals surface area contributed by atoms with Crippen LogP contribution in [0.3, 0.4) is 0 Å². The van der Waals surface area contributed by atoms with Gasteiger partial charge in [-0.25, -0.2) is 4.98 Å². The molecule has 4 fully saturated rings. The predicted octanol–water partition coefficient (Wildman–Crippen LogP) is 2.10. The number of rotatable bonds is 4. The van der Waals surface area contributed by atoms with E-state index in [1.165, 1.54) is 44.2 Å². The third kappa shape index (κ3) is 2.05. The number of aromatic nitrogens is 3. The first-order chi connectivity index (χ1) is 9.77. The fraction of sp³-hybridized carbons (Fsp3) is 0.812. The van der Waals surface area contributed by atoms with Crippen LogP contribution in [0.2, 0.25) is 0 Å². The summed E-state index contributed by atoms with van der Waals surface area (Å²) in [5.41, 5.74) is 1.59. The molecule has 108 valence electrons. The van der Waals surface area contributed by atoms with Crippen LogP contribution in [0.1, 0.15) is 50.0 Å². The summed E-state index contributed by atoms with van der Waals surface area (Å²) >= 11 is 0. The van der Waals surface area contributed by atoms with Crippen LogP contribution in [0.25, 0.3) is 0 Å². The lowest BCUT2D eigenvalue weighted by Crippen LogP contribution is -2.49. The number of nitrogens with zero attached hydrogens (tertiary/aromatic N) is 3. The standard InChI is InChI=1S/C16H24N4/c1-17-3-2-15-19-14(10-18-20-15)16-7-11-4-12(8-16)6-13(5-11)9-16/h10-13,17H,2-9H2,1H3. The molecule has 0 unspecified atom stereocenters. The maximum Gasteiger partial charge on any atom is 0.152 e. The van der Waals surface area contributed by atoms with Gasteiger partial charge in [0.1, 0.15) is 0 Å². The Morgan fingerprint density at radius 2 is 1.80 bits per heavy atom. The van der Waals surface area contributed by atoms with Crippen molar-refractivity contribution in [2.45, 2.75) is 50.4 Å². The molecule has 4 bridgehead atoms. The Hall–Kier alpha value is -1.03. The topological polar surface area (TPSA) is 50.7 Å². The Kier molecular flexibility index (Phi) is 3.02. The molecule has 0 aromatic carbocycles. The second kappa shape index (κ2) is 4.76. The summed E-state index contributed by atoms with van der Waals surface area (Å²) in [5, 5.41) is 11.6. The lowest BCUT2D eigenvalue weighted by atomic mass is 9.49. The highest BCUT2D eigenvalue weighted by atomic mass is 15.1. The maximum absolute atomic E-state index is 4.89. The molecule has 1 aromatic rings. The van der Waals surface area contributed by atoms with Crippen molar-refractivity contribution in [3.8, 4) is 0 Å². The van der Waals surface area contributed by atoms with E-state index in [1.807, 2.05) is 13.2 Å². The third-order valence-electron chi connectivity index (χ3n) is 5.78. The SMILES string of the molecule is CNCCc1nncc(C23CC4CC(CC(C4)C2)C3)n1. The normalized spacial score (nSPS) is 38.4. The lowest BCUT2D eigenvalue weighted by Gasteiger charge is -2.56. The Labute approximate surface area is 120 Å². The van der Waals surface area contributed by atoms with Crippen molar-refractivity contribution in [1.29, 1.82) is 0 Å². The zero-order chi connectivity index (χ0) is 13.6. The van der Waals surface area contributed by atoms with E-state index in [0.717, 1.165) is 36.5 Å². The zero-order valence-corrected chi connectivity index (χ0v) is 12.3. The minimum Gasteiger partial charge on any atom is -0.319 e. The van der Waals surface area contributed by atoms with Crippen molar-refractivity contribution >= 4 is 0 Å². The van der Waals surface area contributed by atoms with Gasteiger partial charge in [0.15, 0.2) is 5.82 Å². The van der Waals surface area contributed by atoms with Crippen molar-refractivity contribution in [2.75, 3.05) is 13.6 Å². The number of hydrogen-bond acceptors (Lipinski definition) is 4. The Balaban J connectivity index is 1.63. The van der Waals surface area contributed by atoms with Gasteiger partial charge in [0.05, 0.1) is 11.9 Å². The first-order valence-electron chi connectivity index (χ1n) is 8.11. The van der Waals surface area contributed by atoms with E-state index in [0.29, 0.717) is 5.41 Å². The molecule has 0 radical (unpaired) electrons. The Morgan fingerprint density at radius 3 is 2.40 bits per heavy atom. The average molecular weight is 272 g/mol. The van der Waals surface area contributed by atoms with Crippen LogP contribution in [0.4, 0.5) is 0 Å². The van der Waals surface area contributed by atoms with Crippen LogP contribution in [0.15, 0.2) is 6.20 Å². The molecule has 0 aliphatic heterocycles. The van der Waals surface area contributed by atoms with Crippen LogP contribution >= 0.6 is 0 Å². The second-order valence-corrected chi connectivity index (χ2v) is 7.31. The molecule has 1 N–H and O–H groups in total. The third-order valence-corrected chi connectivity index (χ3v) is 5.78. The summed E-state index contributed by atoms with van der Waals surface area (Å²) < 4.78 is 0. The van der Waals surface area contributed by atoms with Gasteiger partial charge in [0, 0.05) is 18.4 Å². The summed E-state index contributed by atoms with van der Waals surface area (Å²) in [4.78, 5) is 4.89. The van der Waals surface area contributed by atoms with Gasteiger partial charge in [-0.15, -0.1) is 5.10 Å². The van der Waals surface area contributed by atoms with Gasteiger partial charge in [-0.3, -0.25) is 0 Å². The minimum atomic E-state index is 0.346. The molecule has 4 heteroatoms. The summed E-state index contributed by atoms with van der Waals surface area (Å²) in [6, 6.07) is 0. The smallest absolute Gasteiger partial charge is 0.152 e. The van der Waals surface area contributed by atoms with Crippen molar-refractivity contribution in [1.82, 2.24) is 20.5 Å². The van der Waals surface area contributed by atoms with Gasteiger partial charge in [-0.05, 0) is 63.3 Å². The van der Waals surface area contributed by atoms with E-state index < -0.39 is 0 Å². The molecule has 1 aromatic heterocycles. The first kappa shape index (κ1) is 12.7. The minimum absolute atomic E-state index is 0.346. The molecule has 4 saturated carbocycles. The second-order valence-electron chi connectivity index (χ2n) is 7.31. The van der Waals surface area contributed by atoms with Crippen molar-refractivity contribution in [3.05, 3.63) is 17.7 Å². The summed E-state index contributed by atoms with van der Waals surface area (Å²) in [6.45, 7) is 0.923. The molecule has 0 atom stereocenters. The zero-order valence-electron chi connectivity index (χ0n) is 12.3. The molecule has 4 aliphatic rings. The quantitative estimate of drug-likeness (QED) is 0.912. The summed E-state index contributed by atoms with van der Waals surface area (Å²) in [5.74, 6) is 3.78. The molecular formula is C16H24N4. The van der Waals surface area contributed by atoms with Crippen LogP contribution in [0.5, 0.6) is 0 Å². The van der Waals surface area contributed by atoms with E-state index in [1.54, 1.807) is 0 Å². The first-order valence-corrected chi connectivity index (χ1v) is 8.11. The molecule has 20 heavy (non-hydrogen) atoms. The van der Waals surface area contributed by atoms with E-state index >= 15 is 0 Å². The maximum atomic E-state index is 4.89. The fourth-order valence-electron chi connectivity index (χ4n) is 5.36. The Bertz CT molecular complexity index is 464. The van der Waals surface area contributed by atoms with Crippen LogP contribution in [-0.4, -0.2) is 28.8 Å². The van der Waals surface area contributed by atoms with Crippen LogP contribution in [-0.2, 0) is 11.8 Å². The van der Waals surface area contributed by atoms with Gasteiger partial charge in [0.2, 0.25) is 0 Å². The van der Waals surface area contributed by atoms with E-state index in [2.05, 4.69) is 15.5 Å². The molecule has 5 rings (SSSR count). The van der Waals surface area contributed by atoms with Gasteiger partial charge >= 0.3 is 0 Å². The highest BCUT2D eigenvalue weighted by Gasteiger charge is 2.52. The van der Waals surface area contributed by atoms with Gasteiger partial charge in [0.25, 0.3) is 0 Å². The monoisotopic (exact) mass is 272 g/mol.